The van der Waals surface area contributed by atoms with Crippen molar-refractivity contribution in [3.05, 3.63) is 0 Å². The third-order valence-electron chi connectivity index (χ3n) is 3.10. The first kappa shape index (κ1) is 14.9. The molecule has 0 aromatic carbocycles. The molecule has 0 aromatic rings. The van der Waals surface area contributed by atoms with Gasteiger partial charge in [-0.2, -0.15) is 0 Å². The zero-order valence-electron chi connectivity index (χ0n) is 12.3. The molecule has 102 valence electrons. The first-order valence-corrected chi connectivity index (χ1v) is 6.96. The predicted octanol–water partition coefficient (Wildman–Crippen LogP) is 2.47. The van der Waals surface area contributed by atoms with Gasteiger partial charge in [0.05, 0.1) is 12.3 Å². The van der Waals surface area contributed by atoms with Crippen LogP contribution in [0.4, 0.5) is 0 Å². The molecule has 0 spiro atoms. The Kier molecular flexibility index (Phi) is 5.90. The van der Waals surface area contributed by atoms with E-state index < -0.39 is 0 Å². The van der Waals surface area contributed by atoms with Gasteiger partial charge in [0.2, 0.25) is 0 Å². The van der Waals surface area contributed by atoms with E-state index in [-0.39, 0.29) is 5.60 Å². The van der Waals surface area contributed by atoms with Crippen LogP contribution in [-0.2, 0) is 4.74 Å². The van der Waals surface area contributed by atoms with E-state index in [1.807, 2.05) is 0 Å². The second kappa shape index (κ2) is 6.72. The van der Waals surface area contributed by atoms with Crippen molar-refractivity contribution in [2.24, 2.45) is 5.92 Å². The molecule has 1 unspecified atom stereocenters. The molecule has 1 N–H and O–H groups in total. The van der Waals surface area contributed by atoms with Crippen LogP contribution >= 0.6 is 0 Å². The number of ether oxygens (including phenoxy) is 1. The Morgan fingerprint density at radius 3 is 2.65 bits per heavy atom. The second-order valence-corrected chi connectivity index (χ2v) is 6.53. The summed E-state index contributed by atoms with van der Waals surface area (Å²) in [4.78, 5) is 2.45. The Morgan fingerprint density at radius 2 is 2.06 bits per heavy atom. The molecule has 3 nitrogen and oxygen atoms in total. The Balaban J connectivity index is 2.24. The number of rotatable bonds is 5. The van der Waals surface area contributed by atoms with Crippen molar-refractivity contribution in [3.63, 3.8) is 0 Å². The number of piperidine rings is 1. The van der Waals surface area contributed by atoms with E-state index in [4.69, 9.17) is 4.74 Å². The fraction of sp³-hybridized carbons (Fsp3) is 1.00. The van der Waals surface area contributed by atoms with Crippen molar-refractivity contribution in [3.8, 4) is 0 Å². The minimum Gasteiger partial charge on any atom is -0.360 e. The third-order valence-corrected chi connectivity index (χ3v) is 3.10. The average Bonchev–Trinajstić information content (AvgIpc) is 2.23. The summed E-state index contributed by atoms with van der Waals surface area (Å²) in [7, 11) is 0. The molecule has 0 saturated carbocycles. The standard InChI is InChI=1S/C14H30N2O/c1-12(2)15-9-13-7-6-8-16(10-13)11-17-14(3,4)5/h12-13,15H,6-11H2,1-5H3. The molecule has 0 aromatic heterocycles. The first-order chi connectivity index (χ1) is 7.87. The van der Waals surface area contributed by atoms with E-state index in [2.05, 4.69) is 44.8 Å². The van der Waals surface area contributed by atoms with Crippen LogP contribution in [0.2, 0.25) is 0 Å². The average molecular weight is 242 g/mol. The molecule has 17 heavy (non-hydrogen) atoms. The lowest BCUT2D eigenvalue weighted by molar-refractivity contribution is -0.0732. The predicted molar refractivity (Wildman–Crippen MR) is 73.1 cm³/mol. The lowest BCUT2D eigenvalue weighted by Gasteiger charge is -2.34. The number of likely N-dealkylation sites (tertiary alicyclic amines) is 1. The Morgan fingerprint density at radius 1 is 1.35 bits per heavy atom. The molecule has 1 aliphatic heterocycles. The summed E-state index contributed by atoms with van der Waals surface area (Å²) in [5.74, 6) is 0.787. The summed E-state index contributed by atoms with van der Waals surface area (Å²) in [6, 6.07) is 0.594. The lowest BCUT2D eigenvalue weighted by atomic mass is 9.98. The highest BCUT2D eigenvalue weighted by Crippen LogP contribution is 2.17. The van der Waals surface area contributed by atoms with Crippen molar-refractivity contribution in [2.45, 2.75) is 59.1 Å². The summed E-state index contributed by atoms with van der Waals surface area (Å²) in [6.07, 6.45) is 2.66. The number of hydrogen-bond donors (Lipinski definition) is 1. The topological polar surface area (TPSA) is 24.5 Å². The summed E-state index contributed by atoms with van der Waals surface area (Å²) in [5, 5.41) is 3.54. The molecule has 1 fully saturated rings. The smallest absolute Gasteiger partial charge is 0.0997 e. The molecule has 1 heterocycles. The quantitative estimate of drug-likeness (QED) is 0.801. The van der Waals surface area contributed by atoms with Crippen molar-refractivity contribution < 1.29 is 4.74 Å². The van der Waals surface area contributed by atoms with Gasteiger partial charge in [0.1, 0.15) is 0 Å². The summed E-state index contributed by atoms with van der Waals surface area (Å²) in [5.41, 5.74) is -0.0247. The van der Waals surface area contributed by atoms with Crippen LogP contribution < -0.4 is 5.32 Å². The number of nitrogens with zero attached hydrogens (tertiary/aromatic N) is 1. The van der Waals surface area contributed by atoms with E-state index in [0.717, 1.165) is 19.2 Å². The minimum absolute atomic E-state index is 0.0247. The van der Waals surface area contributed by atoms with Gasteiger partial charge < -0.3 is 10.1 Å². The molecule has 1 atom stereocenters. The van der Waals surface area contributed by atoms with Gasteiger partial charge in [-0.05, 0) is 46.1 Å². The van der Waals surface area contributed by atoms with Crippen LogP contribution in [0, 0.1) is 5.92 Å². The highest BCUT2D eigenvalue weighted by Gasteiger charge is 2.21. The van der Waals surface area contributed by atoms with Crippen molar-refractivity contribution in [1.29, 1.82) is 0 Å². The molecule has 0 radical (unpaired) electrons. The van der Waals surface area contributed by atoms with Crippen molar-refractivity contribution in [2.75, 3.05) is 26.4 Å². The molecule has 1 saturated heterocycles. The van der Waals surface area contributed by atoms with Gasteiger partial charge in [0, 0.05) is 19.1 Å². The molecule has 1 aliphatic rings. The van der Waals surface area contributed by atoms with Gasteiger partial charge in [-0.1, -0.05) is 13.8 Å². The van der Waals surface area contributed by atoms with Gasteiger partial charge in [0.15, 0.2) is 0 Å². The normalized spacial score (nSPS) is 23.3. The highest BCUT2D eigenvalue weighted by atomic mass is 16.5. The van der Waals surface area contributed by atoms with Crippen LogP contribution in [0.3, 0.4) is 0 Å². The van der Waals surface area contributed by atoms with Gasteiger partial charge in [0.25, 0.3) is 0 Å². The van der Waals surface area contributed by atoms with E-state index in [9.17, 15) is 0 Å². The SMILES string of the molecule is CC(C)NCC1CCCN(COC(C)(C)C)C1. The lowest BCUT2D eigenvalue weighted by Crippen LogP contribution is -2.43. The van der Waals surface area contributed by atoms with Gasteiger partial charge in [-0.25, -0.2) is 0 Å². The van der Waals surface area contributed by atoms with E-state index in [1.165, 1.54) is 25.9 Å². The Labute approximate surface area is 107 Å². The summed E-state index contributed by atoms with van der Waals surface area (Å²) < 4.78 is 5.85. The fourth-order valence-corrected chi connectivity index (χ4v) is 2.12. The molecule has 3 heteroatoms. The zero-order chi connectivity index (χ0) is 12.9. The first-order valence-electron chi connectivity index (χ1n) is 6.96. The minimum atomic E-state index is -0.0247. The van der Waals surface area contributed by atoms with Crippen LogP contribution in [0.25, 0.3) is 0 Å². The van der Waals surface area contributed by atoms with Crippen LogP contribution in [0.5, 0.6) is 0 Å². The van der Waals surface area contributed by atoms with Crippen molar-refractivity contribution in [1.82, 2.24) is 10.2 Å². The van der Waals surface area contributed by atoms with Gasteiger partial charge in [-0.15, -0.1) is 0 Å². The second-order valence-electron chi connectivity index (χ2n) is 6.53. The maximum absolute atomic E-state index is 5.85. The van der Waals surface area contributed by atoms with Gasteiger partial charge in [-0.3, -0.25) is 4.90 Å². The number of hydrogen-bond acceptors (Lipinski definition) is 3. The zero-order valence-corrected chi connectivity index (χ0v) is 12.3. The maximum atomic E-state index is 5.85. The monoisotopic (exact) mass is 242 g/mol. The Hall–Kier alpha value is -0.120. The van der Waals surface area contributed by atoms with E-state index >= 15 is 0 Å². The molecule has 0 bridgehead atoms. The third kappa shape index (κ3) is 7.02. The summed E-state index contributed by atoms with van der Waals surface area (Å²) in [6.45, 7) is 15.1. The van der Waals surface area contributed by atoms with Crippen LogP contribution in [0.1, 0.15) is 47.5 Å². The maximum Gasteiger partial charge on any atom is 0.0997 e. The fourth-order valence-electron chi connectivity index (χ4n) is 2.12. The molecule has 1 rings (SSSR count). The van der Waals surface area contributed by atoms with E-state index in [1.54, 1.807) is 0 Å². The van der Waals surface area contributed by atoms with E-state index in [0.29, 0.717) is 6.04 Å². The van der Waals surface area contributed by atoms with Crippen LogP contribution in [0.15, 0.2) is 0 Å². The number of nitrogens with one attached hydrogen (secondary N) is 1. The van der Waals surface area contributed by atoms with Crippen LogP contribution in [-0.4, -0.2) is 42.9 Å². The van der Waals surface area contributed by atoms with Crippen molar-refractivity contribution >= 4 is 0 Å². The van der Waals surface area contributed by atoms with Gasteiger partial charge >= 0.3 is 0 Å². The molecular weight excluding hydrogens is 212 g/mol. The highest BCUT2D eigenvalue weighted by molar-refractivity contribution is 4.74. The molecule has 0 amide bonds. The molecule has 0 aliphatic carbocycles. The largest absolute Gasteiger partial charge is 0.360 e. The Bertz CT molecular complexity index is 211. The summed E-state index contributed by atoms with van der Waals surface area (Å²) >= 11 is 0. The molecular formula is C14H30N2O.